The molecule has 0 aliphatic heterocycles. The fourth-order valence-corrected chi connectivity index (χ4v) is 3.01. The lowest BCUT2D eigenvalue weighted by Gasteiger charge is -2.10. The van der Waals surface area contributed by atoms with E-state index in [9.17, 15) is 4.79 Å². The highest BCUT2D eigenvalue weighted by Gasteiger charge is 2.13. The smallest absolute Gasteiger partial charge is 0.256 e. The van der Waals surface area contributed by atoms with Crippen molar-refractivity contribution in [3.8, 4) is 6.07 Å². The van der Waals surface area contributed by atoms with Gasteiger partial charge in [0.1, 0.15) is 6.07 Å². The molecule has 0 aliphatic carbocycles. The lowest BCUT2D eigenvalue weighted by molar-refractivity contribution is 0.102. The lowest BCUT2D eigenvalue weighted by atomic mass is 10.1. The first-order chi connectivity index (χ1) is 9.52. The summed E-state index contributed by atoms with van der Waals surface area (Å²) in [4.78, 5) is 12.3. The van der Waals surface area contributed by atoms with Gasteiger partial charge in [-0.25, -0.2) is 0 Å². The number of nitrogens with zero attached hydrogens (tertiary/aromatic N) is 1. The van der Waals surface area contributed by atoms with Crippen molar-refractivity contribution in [2.45, 2.75) is 6.92 Å². The summed E-state index contributed by atoms with van der Waals surface area (Å²) in [5.74, 6) is -0.258. The molecule has 100 valence electrons. The summed E-state index contributed by atoms with van der Waals surface area (Å²) in [5.41, 5.74) is 2.35. The van der Waals surface area contributed by atoms with Gasteiger partial charge in [0.15, 0.2) is 0 Å². The van der Waals surface area contributed by atoms with Gasteiger partial charge in [0.05, 0.1) is 16.8 Å². The van der Waals surface area contributed by atoms with Crippen molar-refractivity contribution >= 4 is 43.5 Å². The Balaban J connectivity index is 2.33. The molecule has 0 aromatic heterocycles. The monoisotopic (exact) mass is 392 g/mol. The summed E-state index contributed by atoms with van der Waals surface area (Å²) in [5, 5.41) is 11.9. The first-order valence-corrected chi connectivity index (χ1v) is 7.37. The van der Waals surface area contributed by atoms with Gasteiger partial charge >= 0.3 is 0 Å². The van der Waals surface area contributed by atoms with Gasteiger partial charge in [-0.2, -0.15) is 5.26 Å². The molecule has 0 fully saturated rings. The second kappa shape index (κ2) is 6.21. The average Bonchev–Trinajstić information content (AvgIpc) is 2.38. The minimum absolute atomic E-state index is 0.258. The van der Waals surface area contributed by atoms with Crippen LogP contribution in [-0.4, -0.2) is 5.91 Å². The first kappa shape index (κ1) is 14.8. The van der Waals surface area contributed by atoms with Crippen LogP contribution < -0.4 is 5.32 Å². The number of hydrogen-bond acceptors (Lipinski definition) is 2. The highest BCUT2D eigenvalue weighted by Crippen LogP contribution is 2.24. The van der Waals surface area contributed by atoms with Crippen LogP contribution in [0, 0.1) is 18.3 Å². The van der Waals surface area contributed by atoms with E-state index in [1.54, 1.807) is 24.3 Å². The second-order valence-corrected chi connectivity index (χ2v) is 5.96. The van der Waals surface area contributed by atoms with Crippen LogP contribution in [0.4, 0.5) is 5.69 Å². The number of amides is 1. The Bertz CT molecular complexity index is 720. The normalized spacial score (nSPS) is 9.90. The van der Waals surface area contributed by atoms with Crippen LogP contribution in [0.1, 0.15) is 21.5 Å². The largest absolute Gasteiger partial charge is 0.321 e. The van der Waals surface area contributed by atoms with Crippen LogP contribution in [0.5, 0.6) is 0 Å². The maximum absolute atomic E-state index is 12.3. The van der Waals surface area contributed by atoms with Crippen molar-refractivity contribution in [3.05, 3.63) is 62.0 Å². The molecule has 1 N–H and O–H groups in total. The van der Waals surface area contributed by atoms with Gasteiger partial charge in [-0.1, -0.05) is 28.1 Å². The summed E-state index contributed by atoms with van der Waals surface area (Å²) in [6.07, 6.45) is 0. The number of hydrogen-bond donors (Lipinski definition) is 1. The Kier molecular flexibility index (Phi) is 4.58. The van der Waals surface area contributed by atoms with E-state index < -0.39 is 0 Å². The molecule has 5 heteroatoms. The molecule has 0 atom stereocenters. The number of nitrogens with one attached hydrogen (secondary N) is 1. The van der Waals surface area contributed by atoms with Crippen LogP contribution in [0.3, 0.4) is 0 Å². The Hall–Kier alpha value is -1.64. The molecule has 20 heavy (non-hydrogen) atoms. The van der Waals surface area contributed by atoms with Crippen molar-refractivity contribution in [1.29, 1.82) is 5.26 Å². The predicted octanol–water partition coefficient (Wildman–Crippen LogP) is 4.64. The highest BCUT2D eigenvalue weighted by atomic mass is 79.9. The van der Waals surface area contributed by atoms with Gasteiger partial charge in [0.25, 0.3) is 5.91 Å². The molecule has 0 heterocycles. The van der Waals surface area contributed by atoms with E-state index in [-0.39, 0.29) is 5.91 Å². The van der Waals surface area contributed by atoms with E-state index in [1.165, 1.54) is 0 Å². The zero-order valence-corrected chi connectivity index (χ0v) is 13.7. The van der Waals surface area contributed by atoms with E-state index in [4.69, 9.17) is 5.26 Å². The Morgan fingerprint density at radius 2 is 2.00 bits per heavy atom. The molecule has 2 aromatic carbocycles. The Labute approximate surface area is 133 Å². The quantitative estimate of drug-likeness (QED) is 0.807. The van der Waals surface area contributed by atoms with E-state index in [2.05, 4.69) is 43.2 Å². The van der Waals surface area contributed by atoms with Gasteiger partial charge in [0.2, 0.25) is 0 Å². The average molecular weight is 394 g/mol. The molecular formula is C15H10Br2N2O. The number of benzene rings is 2. The summed E-state index contributed by atoms with van der Waals surface area (Å²) in [7, 11) is 0. The second-order valence-electron chi connectivity index (χ2n) is 4.19. The maximum Gasteiger partial charge on any atom is 0.256 e. The van der Waals surface area contributed by atoms with Crippen molar-refractivity contribution in [3.63, 3.8) is 0 Å². The number of nitriles is 1. The molecule has 0 aliphatic rings. The third-order valence-corrected chi connectivity index (χ3v) is 3.96. The number of rotatable bonds is 2. The van der Waals surface area contributed by atoms with Gasteiger partial charge in [-0.05, 0) is 52.7 Å². The van der Waals surface area contributed by atoms with Gasteiger partial charge in [-0.15, -0.1) is 0 Å². The summed E-state index contributed by atoms with van der Waals surface area (Å²) >= 11 is 6.70. The molecule has 2 aromatic rings. The summed E-state index contributed by atoms with van der Waals surface area (Å²) < 4.78 is 1.57. The minimum Gasteiger partial charge on any atom is -0.321 e. The zero-order valence-electron chi connectivity index (χ0n) is 10.6. The lowest BCUT2D eigenvalue weighted by Crippen LogP contribution is -2.13. The van der Waals surface area contributed by atoms with Gasteiger partial charge < -0.3 is 5.32 Å². The minimum atomic E-state index is -0.258. The van der Waals surface area contributed by atoms with E-state index in [0.29, 0.717) is 21.3 Å². The molecule has 0 unspecified atom stereocenters. The predicted molar refractivity (Wildman–Crippen MR) is 85.7 cm³/mol. The highest BCUT2D eigenvalue weighted by molar-refractivity contribution is 9.11. The van der Waals surface area contributed by atoms with Crippen LogP contribution in [0.2, 0.25) is 0 Å². The molecule has 0 saturated carbocycles. The van der Waals surface area contributed by atoms with Crippen molar-refractivity contribution in [2.75, 3.05) is 5.32 Å². The van der Waals surface area contributed by atoms with Crippen molar-refractivity contribution < 1.29 is 4.79 Å². The van der Waals surface area contributed by atoms with E-state index >= 15 is 0 Å². The maximum atomic E-state index is 12.3. The molecule has 2 rings (SSSR count). The van der Waals surface area contributed by atoms with E-state index in [1.807, 2.05) is 19.1 Å². The number of carbonyl (C=O) groups excluding carboxylic acids is 1. The van der Waals surface area contributed by atoms with Crippen molar-refractivity contribution in [2.24, 2.45) is 0 Å². The number of aryl methyl sites for hydroxylation is 1. The Morgan fingerprint density at radius 1 is 1.25 bits per heavy atom. The van der Waals surface area contributed by atoms with Crippen LogP contribution in [0.15, 0.2) is 45.3 Å². The fourth-order valence-electron chi connectivity index (χ4n) is 1.78. The van der Waals surface area contributed by atoms with Crippen LogP contribution in [-0.2, 0) is 0 Å². The third kappa shape index (κ3) is 3.09. The topological polar surface area (TPSA) is 52.9 Å². The Morgan fingerprint density at radius 3 is 2.65 bits per heavy atom. The number of anilines is 1. The SMILES string of the molecule is Cc1cccc(NC(=O)c2ccc(Br)cc2Br)c1C#N. The van der Waals surface area contributed by atoms with Crippen LogP contribution in [0.25, 0.3) is 0 Å². The van der Waals surface area contributed by atoms with Crippen LogP contribution >= 0.6 is 31.9 Å². The van der Waals surface area contributed by atoms with E-state index in [0.717, 1.165) is 10.0 Å². The molecule has 0 saturated heterocycles. The molecule has 0 bridgehead atoms. The summed E-state index contributed by atoms with van der Waals surface area (Å²) in [6, 6.07) is 12.8. The van der Waals surface area contributed by atoms with Gasteiger partial charge in [0, 0.05) is 8.95 Å². The molecule has 0 spiro atoms. The molecule has 3 nitrogen and oxygen atoms in total. The third-order valence-electron chi connectivity index (χ3n) is 2.81. The fraction of sp³-hybridized carbons (Fsp3) is 0.0667. The molecule has 1 amide bonds. The standard InChI is InChI=1S/C15H10Br2N2O/c1-9-3-2-4-14(12(9)8-18)19-15(20)11-6-5-10(16)7-13(11)17/h2-7H,1H3,(H,19,20). The van der Waals surface area contributed by atoms with Gasteiger partial charge in [-0.3, -0.25) is 4.79 Å². The summed E-state index contributed by atoms with van der Waals surface area (Å²) in [6.45, 7) is 1.84. The number of carbonyl (C=O) groups is 1. The number of halogens is 2. The van der Waals surface area contributed by atoms with Crippen molar-refractivity contribution in [1.82, 2.24) is 0 Å². The first-order valence-electron chi connectivity index (χ1n) is 5.79. The molecule has 0 radical (unpaired) electrons. The molecular weight excluding hydrogens is 384 g/mol. The zero-order chi connectivity index (χ0) is 14.7.